The van der Waals surface area contributed by atoms with E-state index in [1.165, 1.54) is 0 Å². The van der Waals surface area contributed by atoms with Crippen LogP contribution >= 0.6 is 0 Å². The van der Waals surface area contributed by atoms with Crippen molar-refractivity contribution in [1.82, 2.24) is 10.1 Å². The quantitative estimate of drug-likeness (QED) is 0.782. The molecule has 0 aliphatic rings. The van der Waals surface area contributed by atoms with Crippen LogP contribution in [0, 0.1) is 5.92 Å². The highest BCUT2D eigenvalue weighted by Gasteiger charge is 2.14. The van der Waals surface area contributed by atoms with Crippen LogP contribution in [-0.2, 0) is 6.42 Å². The molecule has 0 aliphatic carbocycles. The molecule has 2 unspecified atom stereocenters. The van der Waals surface area contributed by atoms with Gasteiger partial charge in [-0.3, -0.25) is 0 Å². The van der Waals surface area contributed by atoms with E-state index >= 15 is 0 Å². The maximum atomic E-state index is 5.63. The van der Waals surface area contributed by atoms with Crippen molar-refractivity contribution in [3.8, 4) is 0 Å². The number of rotatable bonds is 6. The summed E-state index contributed by atoms with van der Waals surface area (Å²) < 4.78 is 5.21. The van der Waals surface area contributed by atoms with Crippen molar-refractivity contribution in [1.29, 1.82) is 0 Å². The Morgan fingerprint density at radius 3 is 2.60 bits per heavy atom. The van der Waals surface area contributed by atoms with Crippen LogP contribution in [0.1, 0.15) is 51.2 Å². The Kier molecular flexibility index (Phi) is 4.75. The number of nitrogens with two attached hydrogens (primary N) is 1. The molecule has 0 bridgehead atoms. The van der Waals surface area contributed by atoms with Crippen molar-refractivity contribution >= 4 is 0 Å². The molecule has 86 valence electrons. The van der Waals surface area contributed by atoms with Crippen molar-refractivity contribution in [3.63, 3.8) is 0 Å². The minimum atomic E-state index is 0.375. The number of hydrogen-bond acceptors (Lipinski definition) is 4. The Hall–Kier alpha value is -0.900. The van der Waals surface area contributed by atoms with Gasteiger partial charge in [0.25, 0.3) is 0 Å². The van der Waals surface area contributed by atoms with Gasteiger partial charge in [0.05, 0.1) is 0 Å². The van der Waals surface area contributed by atoms with Gasteiger partial charge in [0.2, 0.25) is 5.89 Å². The van der Waals surface area contributed by atoms with Crippen LogP contribution in [0.15, 0.2) is 4.52 Å². The molecule has 0 spiro atoms. The molecule has 0 amide bonds. The summed E-state index contributed by atoms with van der Waals surface area (Å²) in [5.41, 5.74) is 5.63. The Morgan fingerprint density at radius 1 is 1.33 bits per heavy atom. The molecule has 0 aliphatic heterocycles. The lowest BCUT2D eigenvalue weighted by atomic mass is 10.0. The molecule has 0 aromatic carbocycles. The lowest BCUT2D eigenvalue weighted by Crippen LogP contribution is -2.16. The van der Waals surface area contributed by atoms with Crippen LogP contribution in [0.2, 0.25) is 0 Å². The molecule has 2 N–H and O–H groups in total. The molecule has 0 saturated heterocycles. The first-order chi connectivity index (χ1) is 7.21. The highest BCUT2D eigenvalue weighted by Crippen LogP contribution is 2.16. The molecule has 1 heterocycles. The summed E-state index contributed by atoms with van der Waals surface area (Å²) in [7, 11) is 0. The van der Waals surface area contributed by atoms with Gasteiger partial charge in [-0.15, -0.1) is 0 Å². The summed E-state index contributed by atoms with van der Waals surface area (Å²) in [5.74, 6) is 2.37. The van der Waals surface area contributed by atoms with E-state index < -0.39 is 0 Å². The van der Waals surface area contributed by atoms with E-state index in [2.05, 4.69) is 30.9 Å². The largest absolute Gasteiger partial charge is 0.339 e. The smallest absolute Gasteiger partial charge is 0.226 e. The first kappa shape index (κ1) is 12.2. The first-order valence-electron chi connectivity index (χ1n) is 5.73. The zero-order valence-electron chi connectivity index (χ0n) is 9.86. The molecular weight excluding hydrogens is 190 g/mol. The van der Waals surface area contributed by atoms with Crippen LogP contribution < -0.4 is 5.73 Å². The molecule has 0 saturated carbocycles. The van der Waals surface area contributed by atoms with E-state index in [4.69, 9.17) is 10.3 Å². The maximum absolute atomic E-state index is 5.63. The predicted octanol–water partition coefficient (Wildman–Crippen LogP) is 2.11. The number of hydrogen-bond donors (Lipinski definition) is 1. The minimum absolute atomic E-state index is 0.375. The summed E-state index contributed by atoms with van der Waals surface area (Å²) in [6.45, 7) is 7.03. The standard InChI is InChI=1S/C11H21N3O/c1-4-8(3)11-13-10(15-14-11)6-9(5-2)7-12/h8-9H,4-7,12H2,1-3H3. The lowest BCUT2D eigenvalue weighted by molar-refractivity contribution is 0.345. The summed E-state index contributed by atoms with van der Waals surface area (Å²) in [4.78, 5) is 4.38. The zero-order chi connectivity index (χ0) is 11.3. The summed E-state index contributed by atoms with van der Waals surface area (Å²) in [6, 6.07) is 0. The average Bonchev–Trinajstić information content (AvgIpc) is 2.73. The van der Waals surface area contributed by atoms with Crippen LogP contribution in [-0.4, -0.2) is 16.7 Å². The van der Waals surface area contributed by atoms with E-state index in [9.17, 15) is 0 Å². The second-order valence-corrected chi connectivity index (χ2v) is 4.07. The number of nitrogens with zero attached hydrogens (tertiary/aromatic N) is 2. The molecule has 1 aromatic rings. The molecule has 4 heteroatoms. The van der Waals surface area contributed by atoms with E-state index in [0.29, 0.717) is 18.4 Å². The molecule has 2 atom stereocenters. The van der Waals surface area contributed by atoms with Crippen LogP contribution in [0.25, 0.3) is 0 Å². The maximum Gasteiger partial charge on any atom is 0.226 e. The Labute approximate surface area is 91.2 Å². The van der Waals surface area contributed by atoms with Gasteiger partial charge in [0, 0.05) is 12.3 Å². The van der Waals surface area contributed by atoms with Gasteiger partial charge >= 0.3 is 0 Å². The fraction of sp³-hybridized carbons (Fsp3) is 0.818. The molecule has 0 radical (unpaired) electrons. The molecule has 0 fully saturated rings. The second kappa shape index (κ2) is 5.85. The van der Waals surface area contributed by atoms with Gasteiger partial charge in [-0.25, -0.2) is 0 Å². The Morgan fingerprint density at radius 2 is 2.07 bits per heavy atom. The topological polar surface area (TPSA) is 64.9 Å². The fourth-order valence-corrected chi connectivity index (χ4v) is 1.37. The van der Waals surface area contributed by atoms with Crippen molar-refractivity contribution in [3.05, 3.63) is 11.7 Å². The van der Waals surface area contributed by atoms with Gasteiger partial charge in [-0.2, -0.15) is 4.98 Å². The zero-order valence-corrected chi connectivity index (χ0v) is 9.86. The molecule has 15 heavy (non-hydrogen) atoms. The third kappa shape index (κ3) is 3.30. The highest BCUT2D eigenvalue weighted by molar-refractivity contribution is 4.93. The van der Waals surface area contributed by atoms with E-state index in [-0.39, 0.29) is 0 Å². The molecule has 4 nitrogen and oxygen atoms in total. The van der Waals surface area contributed by atoms with Gasteiger partial charge in [-0.1, -0.05) is 32.3 Å². The Bertz CT molecular complexity index is 281. The summed E-state index contributed by atoms with van der Waals surface area (Å²) in [5, 5.41) is 3.98. The third-order valence-electron chi connectivity index (χ3n) is 2.91. The van der Waals surface area contributed by atoms with Crippen molar-refractivity contribution < 1.29 is 4.52 Å². The number of aromatic nitrogens is 2. The predicted molar refractivity (Wildman–Crippen MR) is 59.5 cm³/mol. The Balaban J connectivity index is 2.59. The highest BCUT2D eigenvalue weighted by atomic mass is 16.5. The SMILES string of the molecule is CCC(CN)Cc1nc(C(C)CC)no1. The van der Waals surface area contributed by atoms with Crippen LogP contribution in [0.3, 0.4) is 0 Å². The monoisotopic (exact) mass is 211 g/mol. The van der Waals surface area contributed by atoms with E-state index in [0.717, 1.165) is 31.0 Å². The first-order valence-corrected chi connectivity index (χ1v) is 5.73. The molecule has 1 rings (SSSR count). The summed E-state index contributed by atoms with van der Waals surface area (Å²) in [6.07, 6.45) is 2.89. The average molecular weight is 211 g/mol. The van der Waals surface area contributed by atoms with E-state index in [1.54, 1.807) is 0 Å². The van der Waals surface area contributed by atoms with Crippen molar-refractivity contribution in [2.24, 2.45) is 11.7 Å². The third-order valence-corrected chi connectivity index (χ3v) is 2.91. The van der Waals surface area contributed by atoms with Crippen LogP contribution in [0.4, 0.5) is 0 Å². The normalized spacial score (nSPS) is 15.2. The van der Waals surface area contributed by atoms with E-state index in [1.807, 2.05) is 0 Å². The van der Waals surface area contributed by atoms with Gasteiger partial charge < -0.3 is 10.3 Å². The minimum Gasteiger partial charge on any atom is -0.339 e. The van der Waals surface area contributed by atoms with Crippen molar-refractivity contribution in [2.45, 2.75) is 46.0 Å². The molecule has 1 aromatic heterocycles. The lowest BCUT2D eigenvalue weighted by Gasteiger charge is -2.07. The van der Waals surface area contributed by atoms with Gasteiger partial charge in [-0.05, 0) is 18.9 Å². The van der Waals surface area contributed by atoms with Crippen molar-refractivity contribution in [2.75, 3.05) is 6.54 Å². The van der Waals surface area contributed by atoms with Crippen LogP contribution in [0.5, 0.6) is 0 Å². The fourth-order valence-electron chi connectivity index (χ4n) is 1.37. The van der Waals surface area contributed by atoms with Gasteiger partial charge in [0.1, 0.15) is 0 Å². The second-order valence-electron chi connectivity index (χ2n) is 4.07. The molecular formula is C11H21N3O. The summed E-state index contributed by atoms with van der Waals surface area (Å²) >= 11 is 0. The van der Waals surface area contributed by atoms with Gasteiger partial charge in [0.15, 0.2) is 5.82 Å².